The van der Waals surface area contributed by atoms with E-state index >= 15 is 0 Å². The van der Waals surface area contributed by atoms with E-state index in [9.17, 15) is 0 Å². The summed E-state index contributed by atoms with van der Waals surface area (Å²) in [6, 6.07) is 1.83. The Hall–Kier alpha value is -0.320. The first-order valence-corrected chi connectivity index (χ1v) is 4.59. The first-order valence-electron chi connectivity index (χ1n) is 3.04. The van der Waals surface area contributed by atoms with Gasteiger partial charge in [-0.25, -0.2) is 9.50 Å². The van der Waals surface area contributed by atoms with Gasteiger partial charge < -0.3 is 0 Å². The minimum Gasteiger partial charge on any atom is -0.234 e. The van der Waals surface area contributed by atoms with E-state index in [1.807, 2.05) is 6.07 Å². The lowest BCUT2D eigenvalue weighted by molar-refractivity contribution is 0.904. The standard InChI is InChI=1S/C6H2BrCl2N3/c7-3-1-2-12-4(3)5(8)10-6(9)11-12/h1-2H. The molecule has 0 aliphatic rings. The van der Waals surface area contributed by atoms with E-state index in [0.29, 0.717) is 5.15 Å². The van der Waals surface area contributed by atoms with Gasteiger partial charge in [0.25, 0.3) is 0 Å². The van der Waals surface area contributed by atoms with Crippen molar-refractivity contribution in [2.45, 2.75) is 0 Å². The van der Waals surface area contributed by atoms with Crippen molar-refractivity contribution in [3.8, 4) is 0 Å². The highest BCUT2D eigenvalue weighted by molar-refractivity contribution is 9.10. The third-order valence-corrected chi connectivity index (χ3v) is 2.46. The normalized spacial score (nSPS) is 10.9. The lowest BCUT2D eigenvalue weighted by Gasteiger charge is -1.96. The zero-order valence-corrected chi connectivity index (χ0v) is 8.73. The first-order chi connectivity index (χ1) is 5.68. The number of halogens is 3. The summed E-state index contributed by atoms with van der Waals surface area (Å²) < 4.78 is 2.42. The average molecular weight is 267 g/mol. The van der Waals surface area contributed by atoms with Crippen molar-refractivity contribution >= 4 is 44.6 Å². The first kappa shape index (κ1) is 8.29. The second-order valence-corrected chi connectivity index (χ2v) is 3.68. The molecule has 0 saturated heterocycles. The number of hydrogen-bond acceptors (Lipinski definition) is 2. The fraction of sp³-hybridized carbons (Fsp3) is 0. The third-order valence-electron chi connectivity index (χ3n) is 1.39. The molecule has 0 aliphatic heterocycles. The Bertz CT molecular complexity index is 440. The fourth-order valence-electron chi connectivity index (χ4n) is 0.921. The van der Waals surface area contributed by atoms with Crippen LogP contribution in [0, 0.1) is 0 Å². The zero-order chi connectivity index (χ0) is 8.72. The van der Waals surface area contributed by atoms with Crippen molar-refractivity contribution in [1.29, 1.82) is 0 Å². The van der Waals surface area contributed by atoms with E-state index in [1.165, 1.54) is 0 Å². The van der Waals surface area contributed by atoms with Gasteiger partial charge in [0.05, 0.1) is 0 Å². The monoisotopic (exact) mass is 265 g/mol. The molecule has 3 nitrogen and oxygen atoms in total. The molecule has 2 aromatic heterocycles. The van der Waals surface area contributed by atoms with Crippen LogP contribution in [-0.4, -0.2) is 14.6 Å². The third kappa shape index (κ3) is 1.20. The molecule has 2 heterocycles. The number of rotatable bonds is 0. The summed E-state index contributed by atoms with van der Waals surface area (Å²) in [5.74, 6) is 0. The molecule has 6 heteroatoms. The molecule has 0 aromatic carbocycles. The predicted octanol–water partition coefficient (Wildman–Crippen LogP) is 2.80. The Kier molecular flexibility index (Phi) is 1.98. The molecular formula is C6H2BrCl2N3. The molecule has 0 amide bonds. The Labute approximate surface area is 86.4 Å². The van der Waals surface area contributed by atoms with Crippen molar-refractivity contribution in [2.75, 3.05) is 0 Å². The molecule has 0 unspecified atom stereocenters. The van der Waals surface area contributed by atoms with E-state index in [4.69, 9.17) is 23.2 Å². The van der Waals surface area contributed by atoms with Crippen LogP contribution < -0.4 is 0 Å². The van der Waals surface area contributed by atoms with E-state index in [1.54, 1.807) is 10.7 Å². The Balaban J connectivity index is 2.93. The molecular weight excluding hydrogens is 265 g/mol. The quantitative estimate of drug-likeness (QED) is 0.734. The van der Waals surface area contributed by atoms with E-state index in [0.717, 1.165) is 9.99 Å². The minimum absolute atomic E-state index is 0.135. The highest BCUT2D eigenvalue weighted by Gasteiger charge is 2.07. The molecule has 0 atom stereocenters. The largest absolute Gasteiger partial charge is 0.242 e. The van der Waals surface area contributed by atoms with Crippen molar-refractivity contribution in [1.82, 2.24) is 14.6 Å². The Morgan fingerprint density at radius 3 is 2.92 bits per heavy atom. The molecule has 2 rings (SSSR count). The van der Waals surface area contributed by atoms with Gasteiger partial charge in [-0.3, -0.25) is 0 Å². The van der Waals surface area contributed by atoms with Gasteiger partial charge in [-0.05, 0) is 33.6 Å². The van der Waals surface area contributed by atoms with Crippen molar-refractivity contribution < 1.29 is 0 Å². The van der Waals surface area contributed by atoms with E-state index < -0.39 is 0 Å². The van der Waals surface area contributed by atoms with Crippen LogP contribution in [0.1, 0.15) is 0 Å². The smallest absolute Gasteiger partial charge is 0.234 e. The molecule has 12 heavy (non-hydrogen) atoms. The number of nitrogens with zero attached hydrogens (tertiary/aromatic N) is 3. The van der Waals surface area contributed by atoms with Gasteiger partial charge in [0.2, 0.25) is 5.28 Å². The molecule has 62 valence electrons. The van der Waals surface area contributed by atoms with Gasteiger partial charge in [0.15, 0.2) is 5.15 Å². The van der Waals surface area contributed by atoms with Crippen molar-refractivity contribution in [2.24, 2.45) is 0 Å². The average Bonchev–Trinajstić information content (AvgIpc) is 2.31. The van der Waals surface area contributed by atoms with Crippen LogP contribution in [0.3, 0.4) is 0 Å². The maximum Gasteiger partial charge on any atom is 0.242 e. The lowest BCUT2D eigenvalue weighted by atomic mass is 10.5. The Morgan fingerprint density at radius 2 is 2.17 bits per heavy atom. The summed E-state index contributed by atoms with van der Waals surface area (Å²) in [5, 5.41) is 4.39. The van der Waals surface area contributed by atoms with Crippen LogP contribution in [0.4, 0.5) is 0 Å². The zero-order valence-electron chi connectivity index (χ0n) is 5.63. The van der Waals surface area contributed by atoms with E-state index in [2.05, 4.69) is 26.0 Å². The van der Waals surface area contributed by atoms with Gasteiger partial charge in [0, 0.05) is 10.7 Å². The number of hydrogen-bond donors (Lipinski definition) is 0. The lowest BCUT2D eigenvalue weighted by Crippen LogP contribution is -1.93. The summed E-state index contributed by atoms with van der Waals surface area (Å²) in [6.45, 7) is 0. The van der Waals surface area contributed by atoms with Gasteiger partial charge in [-0.2, -0.15) is 0 Å². The van der Waals surface area contributed by atoms with Crippen LogP contribution in [-0.2, 0) is 0 Å². The topological polar surface area (TPSA) is 30.2 Å². The van der Waals surface area contributed by atoms with Gasteiger partial charge in [-0.1, -0.05) is 11.6 Å². The molecule has 0 bridgehead atoms. The van der Waals surface area contributed by atoms with Gasteiger partial charge in [-0.15, -0.1) is 5.10 Å². The SMILES string of the molecule is Clc1nc(Cl)c2c(Br)ccn2n1. The van der Waals surface area contributed by atoms with Gasteiger partial charge in [0.1, 0.15) is 5.52 Å². The number of fused-ring (bicyclic) bond motifs is 1. The predicted molar refractivity (Wildman–Crippen MR) is 50.7 cm³/mol. The molecule has 2 aromatic rings. The summed E-state index contributed by atoms with van der Waals surface area (Å²) in [6.07, 6.45) is 1.75. The summed E-state index contributed by atoms with van der Waals surface area (Å²) in [7, 11) is 0. The minimum atomic E-state index is 0.135. The van der Waals surface area contributed by atoms with Crippen LogP contribution in [0.5, 0.6) is 0 Å². The maximum absolute atomic E-state index is 5.82. The summed E-state index contributed by atoms with van der Waals surface area (Å²) >= 11 is 14.7. The molecule has 0 N–H and O–H groups in total. The fourth-order valence-corrected chi connectivity index (χ4v) is 2.00. The van der Waals surface area contributed by atoms with E-state index in [-0.39, 0.29) is 5.28 Å². The maximum atomic E-state index is 5.82. The second-order valence-electron chi connectivity index (χ2n) is 2.13. The Morgan fingerprint density at radius 1 is 1.42 bits per heavy atom. The highest BCUT2D eigenvalue weighted by atomic mass is 79.9. The highest BCUT2D eigenvalue weighted by Crippen LogP contribution is 2.24. The van der Waals surface area contributed by atoms with Crippen LogP contribution in [0.25, 0.3) is 5.52 Å². The second kappa shape index (κ2) is 2.87. The van der Waals surface area contributed by atoms with Crippen molar-refractivity contribution in [3.63, 3.8) is 0 Å². The van der Waals surface area contributed by atoms with Gasteiger partial charge >= 0.3 is 0 Å². The van der Waals surface area contributed by atoms with Crippen LogP contribution in [0.15, 0.2) is 16.7 Å². The molecule has 0 spiro atoms. The molecule has 0 fully saturated rings. The molecule has 0 radical (unpaired) electrons. The number of aromatic nitrogens is 3. The van der Waals surface area contributed by atoms with Crippen LogP contribution >= 0.6 is 39.1 Å². The summed E-state index contributed by atoms with van der Waals surface area (Å²) in [5.41, 5.74) is 0.723. The van der Waals surface area contributed by atoms with Crippen molar-refractivity contribution in [3.05, 3.63) is 27.2 Å². The summed E-state index contributed by atoms with van der Waals surface area (Å²) in [4.78, 5) is 3.80. The van der Waals surface area contributed by atoms with Crippen LogP contribution in [0.2, 0.25) is 10.4 Å². The molecule has 0 saturated carbocycles. The molecule has 0 aliphatic carbocycles.